The minimum atomic E-state index is -0.687. The van der Waals surface area contributed by atoms with Crippen molar-refractivity contribution >= 4 is 17.4 Å². The molecule has 1 aliphatic heterocycles. The van der Waals surface area contributed by atoms with Gasteiger partial charge in [0.2, 0.25) is 0 Å². The van der Waals surface area contributed by atoms with Crippen LogP contribution in [-0.4, -0.2) is 64.9 Å². The monoisotopic (exact) mass is 423 g/mol. The van der Waals surface area contributed by atoms with Crippen LogP contribution in [0.1, 0.15) is 37.4 Å². The van der Waals surface area contributed by atoms with Gasteiger partial charge in [-0.3, -0.25) is 14.6 Å². The lowest BCUT2D eigenvalue weighted by atomic mass is 9.95. The van der Waals surface area contributed by atoms with E-state index >= 15 is 0 Å². The Morgan fingerprint density at radius 3 is 2.45 bits per heavy atom. The Hall–Kier alpha value is -3.19. The summed E-state index contributed by atoms with van der Waals surface area (Å²) in [4.78, 5) is 33.9. The van der Waals surface area contributed by atoms with Gasteiger partial charge in [-0.05, 0) is 55.9 Å². The third-order valence-corrected chi connectivity index (χ3v) is 5.69. The number of carbonyl (C=O) groups is 2. The van der Waals surface area contributed by atoms with Crippen LogP contribution in [0.5, 0.6) is 5.75 Å². The molecular formula is C24H29N3O4. The van der Waals surface area contributed by atoms with Gasteiger partial charge in [-0.1, -0.05) is 26.0 Å². The number of nitrogens with zero attached hydrogens (tertiary/aromatic N) is 3. The zero-order valence-electron chi connectivity index (χ0n) is 18.2. The lowest BCUT2D eigenvalue weighted by Gasteiger charge is -2.26. The highest BCUT2D eigenvalue weighted by atomic mass is 16.5. The highest BCUT2D eigenvalue weighted by molar-refractivity contribution is 6.46. The number of Topliss-reactive ketones (excluding diaryl/α,β-unsaturated/α-hetero) is 1. The third-order valence-electron chi connectivity index (χ3n) is 5.69. The van der Waals surface area contributed by atoms with E-state index in [1.54, 1.807) is 53.7 Å². The molecule has 7 nitrogen and oxygen atoms in total. The van der Waals surface area contributed by atoms with E-state index in [-0.39, 0.29) is 11.3 Å². The first kappa shape index (κ1) is 22.5. The zero-order chi connectivity index (χ0) is 22.4. The molecule has 31 heavy (non-hydrogen) atoms. The van der Waals surface area contributed by atoms with Crippen molar-refractivity contribution in [3.05, 3.63) is 65.5 Å². The molecule has 1 aliphatic rings. The number of pyridine rings is 1. The number of ether oxygens (including phenoxy) is 1. The van der Waals surface area contributed by atoms with Gasteiger partial charge in [-0.25, -0.2) is 0 Å². The van der Waals surface area contributed by atoms with E-state index in [0.29, 0.717) is 17.9 Å². The summed E-state index contributed by atoms with van der Waals surface area (Å²) >= 11 is 0. The standard InChI is InChI=1S/C24H29N3O4/c1-4-26(5-2)15-8-16-27-21(17-11-13-25-14-12-17)20(23(29)24(27)30)22(28)18-9-6-7-10-19(18)31-3/h6-7,9-14,21,28H,4-5,8,15-16H2,1-3H3/b22-20+. The Balaban J connectivity index is 2.03. The van der Waals surface area contributed by atoms with Gasteiger partial charge in [0.05, 0.1) is 24.3 Å². The highest BCUT2D eigenvalue weighted by Gasteiger charge is 2.46. The Morgan fingerprint density at radius 1 is 1.13 bits per heavy atom. The summed E-state index contributed by atoms with van der Waals surface area (Å²) in [5.74, 6) is -1.09. The number of hydrogen-bond donors (Lipinski definition) is 1. The quantitative estimate of drug-likeness (QED) is 0.379. The molecule has 1 fully saturated rings. The number of aliphatic hydroxyl groups is 1. The number of para-hydroxylation sites is 1. The summed E-state index contributed by atoms with van der Waals surface area (Å²) in [7, 11) is 1.50. The summed E-state index contributed by atoms with van der Waals surface area (Å²) in [6.45, 7) is 7.29. The fourth-order valence-electron chi connectivity index (χ4n) is 3.99. The molecule has 1 atom stereocenters. The molecule has 1 saturated heterocycles. The first-order valence-corrected chi connectivity index (χ1v) is 10.6. The normalized spacial score (nSPS) is 18.1. The smallest absolute Gasteiger partial charge is 0.295 e. The first-order valence-electron chi connectivity index (χ1n) is 10.6. The number of carbonyl (C=O) groups excluding carboxylic acids is 2. The van der Waals surface area contributed by atoms with Crippen molar-refractivity contribution in [3.8, 4) is 5.75 Å². The van der Waals surface area contributed by atoms with Crippen molar-refractivity contribution in [3.63, 3.8) is 0 Å². The average Bonchev–Trinajstić information content (AvgIpc) is 3.06. The van der Waals surface area contributed by atoms with Gasteiger partial charge < -0.3 is 19.6 Å². The van der Waals surface area contributed by atoms with Crippen LogP contribution in [0.15, 0.2) is 54.4 Å². The van der Waals surface area contributed by atoms with E-state index < -0.39 is 17.7 Å². The second-order valence-electron chi connectivity index (χ2n) is 7.35. The molecule has 7 heteroatoms. The molecule has 0 radical (unpaired) electrons. The first-order chi connectivity index (χ1) is 15.0. The Labute approximate surface area is 183 Å². The number of aliphatic hydroxyl groups excluding tert-OH is 1. The van der Waals surface area contributed by atoms with Crippen LogP contribution >= 0.6 is 0 Å². The van der Waals surface area contributed by atoms with Crippen molar-refractivity contribution in [2.45, 2.75) is 26.3 Å². The van der Waals surface area contributed by atoms with Gasteiger partial charge in [-0.2, -0.15) is 0 Å². The van der Waals surface area contributed by atoms with E-state index in [1.807, 2.05) is 0 Å². The number of hydrogen-bond acceptors (Lipinski definition) is 6. The van der Waals surface area contributed by atoms with Crippen LogP contribution < -0.4 is 4.74 Å². The van der Waals surface area contributed by atoms with Crippen molar-refractivity contribution in [1.82, 2.24) is 14.8 Å². The summed E-state index contributed by atoms with van der Waals surface area (Å²) in [5.41, 5.74) is 1.18. The molecule has 0 spiro atoms. The lowest BCUT2D eigenvalue weighted by Crippen LogP contribution is -2.33. The molecular weight excluding hydrogens is 394 g/mol. The SMILES string of the molecule is CCN(CC)CCCN1C(=O)C(=O)/C(=C(/O)c2ccccc2OC)C1c1ccncc1. The molecule has 1 aromatic carbocycles. The van der Waals surface area contributed by atoms with E-state index in [9.17, 15) is 14.7 Å². The van der Waals surface area contributed by atoms with Crippen LogP contribution in [0.2, 0.25) is 0 Å². The fourth-order valence-corrected chi connectivity index (χ4v) is 3.99. The maximum atomic E-state index is 13.0. The summed E-state index contributed by atoms with van der Waals surface area (Å²) in [6.07, 6.45) is 3.97. The molecule has 3 rings (SSSR count). The number of likely N-dealkylation sites (tertiary alicyclic amines) is 1. The van der Waals surface area contributed by atoms with Gasteiger partial charge in [0.1, 0.15) is 11.5 Å². The van der Waals surface area contributed by atoms with Gasteiger partial charge in [0, 0.05) is 18.9 Å². The molecule has 1 N–H and O–H groups in total. The van der Waals surface area contributed by atoms with Crippen molar-refractivity contribution in [2.75, 3.05) is 33.3 Å². The number of rotatable bonds is 9. The van der Waals surface area contributed by atoms with Crippen LogP contribution in [0.4, 0.5) is 0 Å². The molecule has 0 saturated carbocycles. The summed E-state index contributed by atoms with van der Waals surface area (Å²) in [6, 6.07) is 9.76. The van der Waals surface area contributed by atoms with Crippen LogP contribution in [0.3, 0.4) is 0 Å². The topological polar surface area (TPSA) is 83.0 Å². The minimum absolute atomic E-state index is 0.0727. The molecule has 0 bridgehead atoms. The van der Waals surface area contributed by atoms with Crippen LogP contribution in [-0.2, 0) is 9.59 Å². The second-order valence-corrected chi connectivity index (χ2v) is 7.35. The van der Waals surface area contributed by atoms with Crippen molar-refractivity contribution in [1.29, 1.82) is 0 Å². The Bertz CT molecular complexity index is 954. The highest BCUT2D eigenvalue weighted by Crippen LogP contribution is 2.40. The minimum Gasteiger partial charge on any atom is -0.507 e. The van der Waals surface area contributed by atoms with Gasteiger partial charge in [0.15, 0.2) is 0 Å². The molecule has 0 aliphatic carbocycles. The Morgan fingerprint density at radius 2 is 1.81 bits per heavy atom. The number of aromatic nitrogens is 1. The molecule has 1 unspecified atom stereocenters. The van der Waals surface area contributed by atoms with E-state index in [0.717, 1.165) is 31.6 Å². The number of methoxy groups -OCH3 is 1. The zero-order valence-corrected chi connectivity index (χ0v) is 18.2. The second kappa shape index (κ2) is 10.2. The van der Waals surface area contributed by atoms with Crippen LogP contribution in [0.25, 0.3) is 5.76 Å². The lowest BCUT2D eigenvalue weighted by molar-refractivity contribution is -0.140. The number of benzene rings is 1. The summed E-state index contributed by atoms with van der Waals surface area (Å²) < 4.78 is 5.35. The number of amides is 1. The largest absolute Gasteiger partial charge is 0.507 e. The van der Waals surface area contributed by atoms with Crippen LogP contribution in [0, 0.1) is 0 Å². The Kier molecular flexibility index (Phi) is 7.41. The molecule has 2 aromatic rings. The fraction of sp³-hybridized carbons (Fsp3) is 0.375. The predicted molar refractivity (Wildman–Crippen MR) is 119 cm³/mol. The van der Waals surface area contributed by atoms with E-state index in [2.05, 4.69) is 23.7 Å². The van der Waals surface area contributed by atoms with Gasteiger partial charge in [0.25, 0.3) is 11.7 Å². The van der Waals surface area contributed by atoms with Gasteiger partial charge >= 0.3 is 0 Å². The molecule has 2 heterocycles. The van der Waals surface area contributed by atoms with E-state index in [4.69, 9.17) is 4.74 Å². The van der Waals surface area contributed by atoms with Crippen molar-refractivity contribution in [2.24, 2.45) is 0 Å². The summed E-state index contributed by atoms with van der Waals surface area (Å²) in [5, 5.41) is 11.1. The maximum Gasteiger partial charge on any atom is 0.295 e. The van der Waals surface area contributed by atoms with Gasteiger partial charge in [-0.15, -0.1) is 0 Å². The molecule has 1 amide bonds. The maximum absolute atomic E-state index is 13.0. The predicted octanol–water partition coefficient (Wildman–Crippen LogP) is 3.24. The molecule has 164 valence electrons. The average molecular weight is 424 g/mol. The van der Waals surface area contributed by atoms with E-state index in [1.165, 1.54) is 7.11 Å². The number of ketones is 1. The molecule has 1 aromatic heterocycles. The third kappa shape index (κ3) is 4.61. The van der Waals surface area contributed by atoms with Crippen molar-refractivity contribution < 1.29 is 19.4 Å².